The van der Waals surface area contributed by atoms with Gasteiger partial charge in [0.1, 0.15) is 0 Å². The van der Waals surface area contributed by atoms with Gasteiger partial charge in [-0.05, 0) is 19.4 Å². The van der Waals surface area contributed by atoms with Crippen LogP contribution in [-0.2, 0) is 14.3 Å². The number of aliphatic hydroxyl groups is 1. The molecular weight excluding hydrogens is 391 g/mol. The number of esters is 1. The molecule has 0 aliphatic rings. The molecule has 0 saturated carbocycles. The maximum absolute atomic E-state index is 11.1. The van der Waals surface area contributed by atoms with Crippen molar-refractivity contribution in [1.82, 2.24) is 0 Å². The summed E-state index contributed by atoms with van der Waals surface area (Å²) in [5.41, 5.74) is 0. The number of carboxylic acid groups (broad SMARTS) is 1. The van der Waals surface area contributed by atoms with Crippen molar-refractivity contribution >= 4 is 11.9 Å². The molecule has 0 radical (unpaired) electrons. The molecule has 0 aliphatic carbocycles. The first kappa shape index (κ1) is 34.3. The van der Waals surface area contributed by atoms with Crippen molar-refractivity contribution in [1.29, 1.82) is 0 Å². The summed E-state index contributed by atoms with van der Waals surface area (Å²) < 4.78 is 4.89. The summed E-state index contributed by atoms with van der Waals surface area (Å²) in [5.74, 6) is -2.00. The molecule has 5 nitrogen and oxygen atoms in total. The quantitative estimate of drug-likeness (QED) is 0.145. The molecular formula is C24H45NaO5. The van der Waals surface area contributed by atoms with E-state index in [1.807, 2.05) is 0 Å². The summed E-state index contributed by atoms with van der Waals surface area (Å²) in [5, 5.41) is 17.7. The maximum atomic E-state index is 11.1. The van der Waals surface area contributed by atoms with Gasteiger partial charge in [-0.15, -0.1) is 0 Å². The molecule has 0 amide bonds. The smallest absolute Gasteiger partial charge is 0.545 e. The Kier molecular flexibility index (Phi) is 35.2. The van der Waals surface area contributed by atoms with E-state index in [1.165, 1.54) is 89.9 Å². The molecule has 172 valence electrons. The van der Waals surface area contributed by atoms with Crippen LogP contribution in [0.1, 0.15) is 117 Å². The maximum Gasteiger partial charge on any atom is 1.00 e. The van der Waals surface area contributed by atoms with Crippen molar-refractivity contribution in [2.24, 2.45) is 0 Å². The minimum absolute atomic E-state index is 0. The molecule has 1 N–H and O–H groups in total. The molecule has 0 aromatic rings. The van der Waals surface area contributed by atoms with Crippen molar-refractivity contribution in [2.45, 2.75) is 117 Å². The van der Waals surface area contributed by atoms with Crippen LogP contribution in [0.3, 0.4) is 0 Å². The number of hydrogen-bond donors (Lipinski definition) is 1. The van der Waals surface area contributed by atoms with Crippen molar-refractivity contribution in [2.75, 3.05) is 13.2 Å². The molecule has 0 saturated heterocycles. The third-order valence-corrected chi connectivity index (χ3v) is 4.60. The van der Waals surface area contributed by atoms with Crippen LogP contribution in [0.4, 0.5) is 0 Å². The fourth-order valence-electron chi connectivity index (χ4n) is 3.01. The Labute approximate surface area is 207 Å². The third-order valence-electron chi connectivity index (χ3n) is 4.60. The number of carbonyl (C=O) groups is 2. The zero-order valence-electron chi connectivity index (χ0n) is 20.0. The van der Waals surface area contributed by atoms with Crippen LogP contribution < -0.4 is 34.7 Å². The Morgan fingerprint density at radius 3 is 1.37 bits per heavy atom. The van der Waals surface area contributed by atoms with E-state index in [-0.39, 0.29) is 36.2 Å². The van der Waals surface area contributed by atoms with Crippen LogP contribution in [0.5, 0.6) is 0 Å². The monoisotopic (exact) mass is 436 g/mol. The molecule has 0 aromatic carbocycles. The number of rotatable bonds is 19. The summed E-state index contributed by atoms with van der Waals surface area (Å²) in [6, 6.07) is 0. The predicted molar refractivity (Wildman–Crippen MR) is 117 cm³/mol. The first-order valence-electron chi connectivity index (χ1n) is 11.7. The van der Waals surface area contributed by atoms with Gasteiger partial charge in [0.15, 0.2) is 0 Å². The molecule has 6 heteroatoms. The Hall–Kier alpha value is -0.360. The van der Waals surface area contributed by atoms with Gasteiger partial charge >= 0.3 is 35.5 Å². The third kappa shape index (κ3) is 35.1. The van der Waals surface area contributed by atoms with Gasteiger partial charge in [-0.2, -0.15) is 0 Å². The predicted octanol–water partition coefficient (Wildman–Crippen LogP) is 2.10. The van der Waals surface area contributed by atoms with Gasteiger partial charge in [0.05, 0.1) is 12.6 Å². The molecule has 0 heterocycles. The molecule has 0 rings (SSSR count). The second-order valence-corrected chi connectivity index (χ2v) is 7.44. The van der Waals surface area contributed by atoms with Gasteiger partial charge in [0, 0.05) is 12.7 Å². The summed E-state index contributed by atoms with van der Waals surface area (Å²) in [7, 11) is 0. The Balaban J connectivity index is -0.00000171. The van der Waals surface area contributed by atoms with Crippen molar-refractivity contribution in [3.63, 3.8) is 0 Å². The van der Waals surface area contributed by atoms with E-state index in [0.29, 0.717) is 12.7 Å². The van der Waals surface area contributed by atoms with Gasteiger partial charge in [0.25, 0.3) is 0 Å². The Morgan fingerprint density at radius 1 is 0.700 bits per heavy atom. The van der Waals surface area contributed by atoms with Crippen molar-refractivity contribution < 1.29 is 54.1 Å². The van der Waals surface area contributed by atoms with E-state index in [0.717, 1.165) is 18.9 Å². The minimum Gasteiger partial charge on any atom is -0.545 e. The number of carboxylic acids is 1. The van der Waals surface area contributed by atoms with E-state index in [9.17, 15) is 14.7 Å². The van der Waals surface area contributed by atoms with E-state index in [2.05, 4.69) is 6.92 Å². The molecule has 0 unspecified atom stereocenters. The molecule has 0 aromatic heterocycles. The number of aliphatic hydroxyl groups excluding tert-OH is 1. The fourth-order valence-corrected chi connectivity index (χ4v) is 3.01. The topological polar surface area (TPSA) is 86.7 Å². The molecule has 0 spiro atoms. The van der Waals surface area contributed by atoms with E-state index < -0.39 is 11.9 Å². The van der Waals surface area contributed by atoms with Gasteiger partial charge in [0.2, 0.25) is 0 Å². The number of carbonyl (C=O) groups excluding carboxylic acids is 2. The SMILES string of the molecule is CCCCCCCCCCCCCCCCCCOC(=O)/C=C/C(=O)[O-].CCO.[Na+]. The molecule has 30 heavy (non-hydrogen) atoms. The number of ether oxygens (including phenoxy) is 1. The van der Waals surface area contributed by atoms with Crippen LogP contribution in [-0.4, -0.2) is 30.3 Å². The second-order valence-electron chi connectivity index (χ2n) is 7.44. The second kappa shape index (κ2) is 30.8. The average Bonchev–Trinajstić information content (AvgIpc) is 2.69. The van der Waals surface area contributed by atoms with Crippen LogP contribution >= 0.6 is 0 Å². The van der Waals surface area contributed by atoms with Gasteiger partial charge in [-0.1, -0.05) is 103 Å². The van der Waals surface area contributed by atoms with E-state index in [4.69, 9.17) is 9.84 Å². The van der Waals surface area contributed by atoms with Crippen LogP contribution in [0.25, 0.3) is 0 Å². The van der Waals surface area contributed by atoms with Crippen molar-refractivity contribution in [3.8, 4) is 0 Å². The molecule has 0 aliphatic heterocycles. The zero-order chi connectivity index (χ0) is 22.0. The summed E-state index contributed by atoms with van der Waals surface area (Å²) in [6.07, 6.45) is 22.4. The van der Waals surface area contributed by atoms with Crippen LogP contribution in [0, 0.1) is 0 Å². The largest absolute Gasteiger partial charge is 1.00 e. The van der Waals surface area contributed by atoms with E-state index in [1.54, 1.807) is 6.92 Å². The first-order valence-corrected chi connectivity index (χ1v) is 11.7. The zero-order valence-corrected chi connectivity index (χ0v) is 22.0. The minimum atomic E-state index is -1.38. The summed E-state index contributed by atoms with van der Waals surface area (Å²) in [6.45, 7) is 4.55. The normalized spacial score (nSPS) is 10.2. The summed E-state index contributed by atoms with van der Waals surface area (Å²) >= 11 is 0. The van der Waals surface area contributed by atoms with Crippen LogP contribution in [0.2, 0.25) is 0 Å². The van der Waals surface area contributed by atoms with Gasteiger partial charge < -0.3 is 19.7 Å². The molecule has 0 atom stereocenters. The molecule has 0 fully saturated rings. The Bertz CT molecular complexity index is 386. The summed E-state index contributed by atoms with van der Waals surface area (Å²) in [4.78, 5) is 21.2. The average molecular weight is 437 g/mol. The van der Waals surface area contributed by atoms with Gasteiger partial charge in [-0.25, -0.2) is 4.79 Å². The van der Waals surface area contributed by atoms with E-state index >= 15 is 0 Å². The van der Waals surface area contributed by atoms with Gasteiger partial charge in [-0.3, -0.25) is 0 Å². The number of aliphatic carboxylic acids is 1. The standard InChI is InChI=1S/C22H40O4.C2H6O.Na/c1-2-3-4-5-6-7-8-9-10-11-12-13-14-15-16-17-20-26-22(25)19-18-21(23)24;1-2-3;/h18-19H,2-17,20H2,1H3,(H,23,24);3H,2H2,1H3;/q;;+1/p-1/b19-18+;;. The molecule has 0 bridgehead atoms. The Morgan fingerprint density at radius 2 is 1.03 bits per heavy atom. The number of hydrogen-bond acceptors (Lipinski definition) is 5. The van der Waals surface area contributed by atoms with Crippen LogP contribution in [0.15, 0.2) is 12.2 Å². The van der Waals surface area contributed by atoms with Crippen molar-refractivity contribution in [3.05, 3.63) is 12.2 Å². The fraction of sp³-hybridized carbons (Fsp3) is 0.833. The first-order chi connectivity index (χ1) is 14.1. The number of unbranched alkanes of at least 4 members (excludes halogenated alkanes) is 15.